The molecular formula is C13H14N2O2S. The minimum atomic E-state index is -1.01. The summed E-state index contributed by atoms with van der Waals surface area (Å²) in [5.74, 6) is -1.01. The zero-order chi connectivity index (χ0) is 13.1. The lowest BCUT2D eigenvalue weighted by Gasteiger charge is -2.10. The van der Waals surface area contributed by atoms with E-state index in [0.29, 0.717) is 12.2 Å². The number of hydrogen-bond acceptors (Lipinski definition) is 4. The van der Waals surface area contributed by atoms with E-state index in [1.165, 1.54) is 15.8 Å². The number of rotatable bonds is 4. The van der Waals surface area contributed by atoms with Crippen molar-refractivity contribution in [2.45, 2.75) is 13.5 Å². The molecule has 1 aromatic carbocycles. The van der Waals surface area contributed by atoms with Crippen molar-refractivity contribution in [3.8, 4) is 0 Å². The van der Waals surface area contributed by atoms with Gasteiger partial charge in [-0.15, -0.1) is 11.3 Å². The maximum atomic E-state index is 10.9. The van der Waals surface area contributed by atoms with E-state index >= 15 is 0 Å². The molecular weight excluding hydrogens is 248 g/mol. The number of carboxylic acid groups (broad SMARTS) is 1. The molecule has 1 heterocycles. The van der Waals surface area contributed by atoms with Crippen molar-refractivity contribution in [3.05, 3.63) is 45.6 Å². The van der Waals surface area contributed by atoms with Crippen molar-refractivity contribution in [3.63, 3.8) is 0 Å². The Bertz CT molecular complexity index is 578. The average molecular weight is 262 g/mol. The summed E-state index contributed by atoms with van der Waals surface area (Å²) in [6, 6.07) is 9.06. The van der Waals surface area contributed by atoms with Gasteiger partial charge in [-0.2, -0.15) is 0 Å². The van der Waals surface area contributed by atoms with Crippen molar-refractivity contribution in [1.82, 2.24) is 0 Å². The molecule has 0 saturated heterocycles. The zero-order valence-corrected chi connectivity index (χ0v) is 10.8. The van der Waals surface area contributed by atoms with Gasteiger partial charge in [-0.3, -0.25) is 0 Å². The van der Waals surface area contributed by atoms with Crippen LogP contribution in [0.5, 0.6) is 0 Å². The van der Waals surface area contributed by atoms with Gasteiger partial charge < -0.3 is 16.2 Å². The predicted molar refractivity (Wildman–Crippen MR) is 74.2 cm³/mol. The molecule has 0 aliphatic rings. The number of carbonyl (C=O) groups is 1. The van der Waals surface area contributed by atoms with Gasteiger partial charge >= 0.3 is 5.97 Å². The molecule has 94 valence electrons. The van der Waals surface area contributed by atoms with Crippen LogP contribution in [0.1, 0.15) is 20.1 Å². The third-order valence-corrected chi connectivity index (χ3v) is 3.59. The number of thiophene rings is 1. The normalized spacial score (nSPS) is 10.3. The molecule has 4 N–H and O–H groups in total. The number of carboxylic acids is 1. The molecule has 18 heavy (non-hydrogen) atoms. The van der Waals surface area contributed by atoms with E-state index in [1.807, 2.05) is 13.0 Å². The van der Waals surface area contributed by atoms with Crippen LogP contribution >= 0.6 is 11.3 Å². The SMILES string of the molecule is Cc1ccc(CNc2cccc(C(=O)O)c2N)s1. The van der Waals surface area contributed by atoms with Crippen LogP contribution < -0.4 is 11.1 Å². The summed E-state index contributed by atoms with van der Waals surface area (Å²) in [5, 5.41) is 12.1. The summed E-state index contributed by atoms with van der Waals surface area (Å²) >= 11 is 1.70. The van der Waals surface area contributed by atoms with E-state index in [9.17, 15) is 4.79 Å². The van der Waals surface area contributed by atoms with Crippen LogP contribution in [0.25, 0.3) is 0 Å². The second-order valence-corrected chi connectivity index (χ2v) is 5.31. The summed E-state index contributed by atoms with van der Waals surface area (Å²) in [4.78, 5) is 13.4. The second kappa shape index (κ2) is 5.10. The lowest BCUT2D eigenvalue weighted by atomic mass is 10.1. The quantitative estimate of drug-likeness (QED) is 0.740. The minimum absolute atomic E-state index is 0.127. The Labute approximate surface area is 109 Å². The number of benzene rings is 1. The predicted octanol–water partition coefficient (Wildman–Crippen LogP) is 2.95. The molecule has 0 radical (unpaired) electrons. The molecule has 0 saturated carbocycles. The number of aryl methyl sites for hydroxylation is 1. The number of aromatic carboxylic acids is 1. The first-order valence-corrected chi connectivity index (χ1v) is 6.30. The van der Waals surface area contributed by atoms with Crippen LogP contribution in [-0.4, -0.2) is 11.1 Å². The fourth-order valence-electron chi connectivity index (χ4n) is 1.67. The maximum absolute atomic E-state index is 10.9. The molecule has 0 aliphatic heterocycles. The first-order chi connectivity index (χ1) is 8.58. The van der Waals surface area contributed by atoms with E-state index in [1.54, 1.807) is 23.5 Å². The lowest BCUT2D eigenvalue weighted by molar-refractivity contribution is 0.0698. The molecule has 0 spiro atoms. The number of nitrogen functional groups attached to an aromatic ring is 1. The molecule has 2 rings (SSSR count). The van der Waals surface area contributed by atoms with Crippen LogP contribution in [0.2, 0.25) is 0 Å². The molecule has 0 atom stereocenters. The van der Waals surface area contributed by atoms with Gasteiger partial charge in [0.2, 0.25) is 0 Å². The van der Waals surface area contributed by atoms with E-state index in [-0.39, 0.29) is 11.3 Å². The molecule has 5 heteroatoms. The average Bonchev–Trinajstić information content (AvgIpc) is 2.73. The van der Waals surface area contributed by atoms with Gasteiger partial charge in [0, 0.05) is 16.3 Å². The van der Waals surface area contributed by atoms with E-state index in [2.05, 4.69) is 11.4 Å². The summed E-state index contributed by atoms with van der Waals surface area (Å²) in [7, 11) is 0. The summed E-state index contributed by atoms with van der Waals surface area (Å²) in [5.41, 5.74) is 6.87. The number of nitrogens with two attached hydrogens (primary N) is 1. The third-order valence-electron chi connectivity index (χ3n) is 2.59. The van der Waals surface area contributed by atoms with Gasteiger partial charge in [-0.05, 0) is 31.2 Å². The van der Waals surface area contributed by atoms with Crippen LogP contribution in [-0.2, 0) is 6.54 Å². The molecule has 0 amide bonds. The molecule has 4 nitrogen and oxygen atoms in total. The van der Waals surface area contributed by atoms with E-state index in [4.69, 9.17) is 10.8 Å². The van der Waals surface area contributed by atoms with Gasteiger partial charge in [0.1, 0.15) is 0 Å². The number of hydrogen-bond donors (Lipinski definition) is 3. The molecule has 0 aliphatic carbocycles. The topological polar surface area (TPSA) is 75.3 Å². The monoisotopic (exact) mass is 262 g/mol. The van der Waals surface area contributed by atoms with Crippen molar-refractivity contribution >= 4 is 28.7 Å². The van der Waals surface area contributed by atoms with Crippen molar-refractivity contribution in [1.29, 1.82) is 0 Å². The Morgan fingerprint density at radius 2 is 2.17 bits per heavy atom. The van der Waals surface area contributed by atoms with Gasteiger partial charge in [0.05, 0.1) is 16.9 Å². The highest BCUT2D eigenvalue weighted by molar-refractivity contribution is 7.11. The molecule has 2 aromatic rings. The number of anilines is 2. The van der Waals surface area contributed by atoms with Crippen LogP contribution in [0.15, 0.2) is 30.3 Å². The van der Waals surface area contributed by atoms with Crippen LogP contribution in [0.4, 0.5) is 11.4 Å². The standard InChI is InChI=1S/C13H14N2O2S/c1-8-5-6-9(18-8)7-15-11-4-2-3-10(12(11)14)13(16)17/h2-6,15H,7,14H2,1H3,(H,16,17). The number of para-hydroxylation sites is 1. The smallest absolute Gasteiger partial charge is 0.337 e. The molecule has 0 unspecified atom stereocenters. The van der Waals surface area contributed by atoms with E-state index < -0.39 is 5.97 Å². The third kappa shape index (κ3) is 2.62. The van der Waals surface area contributed by atoms with E-state index in [0.717, 1.165) is 0 Å². The van der Waals surface area contributed by atoms with Crippen molar-refractivity contribution < 1.29 is 9.90 Å². The fraction of sp³-hybridized carbons (Fsp3) is 0.154. The number of nitrogens with one attached hydrogen (secondary N) is 1. The fourth-order valence-corrected chi connectivity index (χ4v) is 2.50. The summed E-state index contributed by atoms with van der Waals surface area (Å²) in [6.45, 7) is 2.69. The lowest BCUT2D eigenvalue weighted by Crippen LogP contribution is -2.07. The first-order valence-electron chi connectivity index (χ1n) is 5.49. The highest BCUT2D eigenvalue weighted by atomic mass is 32.1. The van der Waals surface area contributed by atoms with Gasteiger partial charge in [0.15, 0.2) is 0 Å². The van der Waals surface area contributed by atoms with Gasteiger partial charge in [0.25, 0.3) is 0 Å². The van der Waals surface area contributed by atoms with Crippen LogP contribution in [0, 0.1) is 6.92 Å². The molecule has 0 fully saturated rings. The Balaban J connectivity index is 2.14. The Hall–Kier alpha value is -2.01. The Kier molecular flexibility index (Phi) is 3.53. The summed E-state index contributed by atoms with van der Waals surface area (Å²) in [6.07, 6.45) is 0. The maximum Gasteiger partial charge on any atom is 0.337 e. The Morgan fingerprint density at radius 1 is 1.39 bits per heavy atom. The van der Waals surface area contributed by atoms with Crippen molar-refractivity contribution in [2.75, 3.05) is 11.1 Å². The zero-order valence-electron chi connectivity index (χ0n) is 9.93. The molecule has 1 aromatic heterocycles. The second-order valence-electron chi connectivity index (χ2n) is 3.94. The Morgan fingerprint density at radius 3 is 2.78 bits per heavy atom. The minimum Gasteiger partial charge on any atom is -0.478 e. The largest absolute Gasteiger partial charge is 0.478 e. The highest BCUT2D eigenvalue weighted by Gasteiger charge is 2.10. The molecule has 0 bridgehead atoms. The van der Waals surface area contributed by atoms with Crippen molar-refractivity contribution in [2.24, 2.45) is 0 Å². The summed E-state index contributed by atoms with van der Waals surface area (Å²) < 4.78 is 0. The van der Waals surface area contributed by atoms with Gasteiger partial charge in [-0.1, -0.05) is 6.07 Å². The highest BCUT2D eigenvalue weighted by Crippen LogP contribution is 2.24. The van der Waals surface area contributed by atoms with Crippen LogP contribution in [0.3, 0.4) is 0 Å². The first kappa shape index (κ1) is 12.4. The van der Waals surface area contributed by atoms with Gasteiger partial charge in [-0.25, -0.2) is 4.79 Å².